The molecular formula is C21H19N5O3S. The van der Waals surface area contributed by atoms with Gasteiger partial charge in [-0.2, -0.15) is 0 Å². The van der Waals surface area contributed by atoms with Crippen LogP contribution in [0.2, 0.25) is 0 Å². The Morgan fingerprint density at radius 1 is 1.07 bits per heavy atom. The minimum absolute atomic E-state index is 0.227. The van der Waals surface area contributed by atoms with Crippen molar-refractivity contribution in [3.05, 3.63) is 55.0 Å². The highest BCUT2D eigenvalue weighted by molar-refractivity contribution is 8.01. The zero-order valence-electron chi connectivity index (χ0n) is 16.3. The van der Waals surface area contributed by atoms with Crippen molar-refractivity contribution in [2.45, 2.75) is 36.1 Å². The second kappa shape index (κ2) is 6.66. The number of thioether (sulfide) groups is 1. The van der Waals surface area contributed by atoms with E-state index in [2.05, 4.69) is 15.3 Å². The molecule has 8 nitrogen and oxygen atoms in total. The van der Waals surface area contributed by atoms with E-state index in [1.807, 2.05) is 50.2 Å². The third-order valence-corrected chi connectivity index (χ3v) is 7.19. The number of carbonyl (C=O) groups excluding carboxylic acids is 1. The van der Waals surface area contributed by atoms with Crippen LogP contribution in [0.4, 0.5) is 0 Å². The predicted octanol–water partition coefficient (Wildman–Crippen LogP) is 2.70. The first kappa shape index (κ1) is 18.8. The van der Waals surface area contributed by atoms with Gasteiger partial charge in [-0.25, -0.2) is 9.48 Å². The van der Waals surface area contributed by atoms with Gasteiger partial charge in [0.1, 0.15) is 17.1 Å². The lowest BCUT2D eigenvalue weighted by atomic mass is 9.96. The third-order valence-electron chi connectivity index (χ3n) is 5.64. The first-order valence-electron chi connectivity index (χ1n) is 9.52. The highest BCUT2D eigenvalue weighted by Crippen LogP contribution is 2.54. The highest BCUT2D eigenvalue weighted by Gasteiger charge is 2.64. The molecular weight excluding hydrogens is 402 g/mol. The van der Waals surface area contributed by atoms with Gasteiger partial charge in [-0.1, -0.05) is 29.5 Å². The Labute approximate surface area is 176 Å². The number of rotatable bonds is 4. The quantitative estimate of drug-likeness (QED) is 0.646. The lowest BCUT2D eigenvalue weighted by Crippen LogP contribution is -2.62. The van der Waals surface area contributed by atoms with E-state index < -0.39 is 22.8 Å². The maximum absolute atomic E-state index is 12.7. The number of carboxylic acid groups (broad SMARTS) is 1. The van der Waals surface area contributed by atoms with Crippen molar-refractivity contribution in [2.75, 3.05) is 0 Å². The molecule has 30 heavy (non-hydrogen) atoms. The molecule has 9 heteroatoms. The van der Waals surface area contributed by atoms with Crippen LogP contribution in [0.3, 0.4) is 0 Å². The summed E-state index contributed by atoms with van der Waals surface area (Å²) in [5.41, 5.74) is 3.71. The summed E-state index contributed by atoms with van der Waals surface area (Å²) in [6.07, 6.45) is 5.26. The first-order valence-corrected chi connectivity index (χ1v) is 10.4. The van der Waals surface area contributed by atoms with Gasteiger partial charge >= 0.3 is 5.97 Å². The number of hydrogen-bond acceptors (Lipinski definition) is 6. The monoisotopic (exact) mass is 421 g/mol. The van der Waals surface area contributed by atoms with Crippen molar-refractivity contribution < 1.29 is 14.7 Å². The van der Waals surface area contributed by atoms with Gasteiger partial charge in [-0.15, -0.1) is 16.9 Å². The highest BCUT2D eigenvalue weighted by atomic mass is 32.2. The molecule has 1 amide bonds. The molecule has 0 spiro atoms. The minimum Gasteiger partial charge on any atom is -0.480 e. The molecule has 0 aliphatic carbocycles. The number of β-lactam (4-membered cyclic amide) rings is 1. The number of nitrogens with zero attached hydrogens (tertiary/aromatic N) is 5. The van der Waals surface area contributed by atoms with Crippen LogP contribution in [0.1, 0.15) is 19.9 Å². The summed E-state index contributed by atoms with van der Waals surface area (Å²) in [7, 11) is 0. The topological polar surface area (TPSA) is 101 Å². The number of carbonyl (C=O) groups is 2. The molecule has 3 atom stereocenters. The van der Waals surface area contributed by atoms with Gasteiger partial charge in [0.2, 0.25) is 0 Å². The molecule has 0 bridgehead atoms. The Morgan fingerprint density at radius 2 is 1.70 bits per heavy atom. The molecule has 2 aliphatic heterocycles. The Kier molecular flexibility index (Phi) is 4.18. The lowest BCUT2D eigenvalue weighted by Gasteiger charge is -2.42. The van der Waals surface area contributed by atoms with E-state index >= 15 is 0 Å². The van der Waals surface area contributed by atoms with Gasteiger partial charge < -0.3 is 10.0 Å². The Morgan fingerprint density at radius 3 is 2.37 bits per heavy atom. The average Bonchev–Trinajstić information content (AvgIpc) is 3.30. The van der Waals surface area contributed by atoms with E-state index in [1.54, 1.807) is 23.3 Å². The van der Waals surface area contributed by atoms with Gasteiger partial charge in [0.05, 0.1) is 6.20 Å². The van der Waals surface area contributed by atoms with E-state index in [4.69, 9.17) is 0 Å². The van der Waals surface area contributed by atoms with Gasteiger partial charge in [0.15, 0.2) is 6.04 Å². The fraction of sp³-hybridized carbons (Fsp3) is 0.286. The molecule has 2 aromatic heterocycles. The maximum atomic E-state index is 12.7. The van der Waals surface area contributed by atoms with Crippen molar-refractivity contribution >= 4 is 23.6 Å². The van der Waals surface area contributed by atoms with Crippen LogP contribution in [0.5, 0.6) is 0 Å². The van der Waals surface area contributed by atoms with E-state index in [-0.39, 0.29) is 11.3 Å². The molecule has 0 saturated carbocycles. The molecule has 1 N–H and O–H groups in total. The van der Waals surface area contributed by atoms with Gasteiger partial charge in [-0.3, -0.25) is 9.78 Å². The number of aromatic nitrogens is 4. The molecule has 5 rings (SSSR count). The molecule has 0 radical (unpaired) electrons. The van der Waals surface area contributed by atoms with Crippen molar-refractivity contribution in [2.24, 2.45) is 0 Å². The van der Waals surface area contributed by atoms with Crippen molar-refractivity contribution in [3.63, 3.8) is 0 Å². The molecule has 2 saturated heterocycles. The fourth-order valence-electron chi connectivity index (χ4n) is 4.16. The van der Waals surface area contributed by atoms with Crippen LogP contribution in [0.15, 0.2) is 55.0 Å². The SMILES string of the molecule is CC1(C)S[C@@H]2[C@H](n3cc(-c4ccc(-c5ccncc5)cc4)nn3)C(=O)N2[C@H]1C(=O)O. The van der Waals surface area contributed by atoms with Crippen LogP contribution < -0.4 is 0 Å². The molecule has 2 aliphatic rings. The number of amides is 1. The summed E-state index contributed by atoms with van der Waals surface area (Å²) in [6.45, 7) is 3.71. The zero-order valence-corrected chi connectivity index (χ0v) is 17.2. The van der Waals surface area contributed by atoms with Crippen LogP contribution in [0.25, 0.3) is 22.4 Å². The number of hydrogen-bond donors (Lipinski definition) is 1. The summed E-state index contributed by atoms with van der Waals surface area (Å²) in [4.78, 5) is 29.9. The molecule has 1 aromatic carbocycles. The maximum Gasteiger partial charge on any atom is 0.327 e. The van der Waals surface area contributed by atoms with Crippen molar-refractivity contribution in [3.8, 4) is 22.4 Å². The molecule has 152 valence electrons. The lowest BCUT2D eigenvalue weighted by molar-refractivity contribution is -0.162. The second-order valence-electron chi connectivity index (χ2n) is 7.94. The average molecular weight is 421 g/mol. The number of benzene rings is 1. The van der Waals surface area contributed by atoms with Crippen LogP contribution in [0, 0.1) is 0 Å². The normalized spacial score (nSPS) is 24.4. The third kappa shape index (κ3) is 2.80. The smallest absolute Gasteiger partial charge is 0.327 e. The Bertz CT molecular complexity index is 1130. The Balaban J connectivity index is 1.38. The van der Waals surface area contributed by atoms with Crippen molar-refractivity contribution in [1.29, 1.82) is 0 Å². The van der Waals surface area contributed by atoms with Crippen LogP contribution >= 0.6 is 11.8 Å². The van der Waals surface area contributed by atoms with Gasteiger partial charge in [0.25, 0.3) is 5.91 Å². The summed E-state index contributed by atoms with van der Waals surface area (Å²) < 4.78 is 0.996. The van der Waals surface area contributed by atoms with Gasteiger partial charge in [-0.05, 0) is 37.1 Å². The first-order chi connectivity index (χ1) is 14.4. The van der Waals surface area contributed by atoms with Crippen molar-refractivity contribution in [1.82, 2.24) is 24.9 Å². The van der Waals surface area contributed by atoms with Gasteiger partial charge in [0, 0.05) is 22.7 Å². The molecule has 0 unspecified atom stereocenters. The predicted molar refractivity (Wildman–Crippen MR) is 111 cm³/mol. The number of pyridine rings is 1. The zero-order chi connectivity index (χ0) is 21.0. The minimum atomic E-state index is -0.977. The van der Waals surface area contributed by atoms with Crippen LogP contribution in [-0.2, 0) is 9.59 Å². The van der Waals surface area contributed by atoms with Crippen LogP contribution in [-0.4, -0.2) is 58.0 Å². The fourth-order valence-corrected chi connectivity index (χ4v) is 5.83. The van der Waals surface area contributed by atoms with E-state index in [9.17, 15) is 14.7 Å². The standard InChI is InChI=1S/C21H19N5O3S/c1-21(2)17(20(28)29)26-18(27)16(19(26)30-21)25-11-15(23-24-25)14-5-3-12(4-6-14)13-7-9-22-10-8-13/h3-11,16-17,19H,1-2H3,(H,28,29)/t16-,17+,19-/m1/s1. The summed E-state index contributed by atoms with van der Waals surface area (Å²) in [5, 5.41) is 17.7. The summed E-state index contributed by atoms with van der Waals surface area (Å²) in [5.74, 6) is -1.20. The van der Waals surface area contributed by atoms with E-state index in [0.29, 0.717) is 5.69 Å². The Hall–Kier alpha value is -3.20. The van der Waals surface area contributed by atoms with E-state index in [1.165, 1.54) is 16.7 Å². The van der Waals surface area contributed by atoms with E-state index in [0.717, 1.165) is 16.7 Å². The number of carboxylic acids is 1. The molecule has 2 fully saturated rings. The number of fused-ring (bicyclic) bond motifs is 1. The largest absolute Gasteiger partial charge is 0.480 e. The number of aliphatic carboxylic acids is 1. The summed E-state index contributed by atoms with van der Waals surface area (Å²) in [6, 6.07) is 10.5. The molecule has 4 heterocycles. The molecule has 3 aromatic rings. The summed E-state index contributed by atoms with van der Waals surface area (Å²) >= 11 is 1.50. The second-order valence-corrected chi connectivity index (χ2v) is 9.71.